The number of piperidine rings is 1. The molecule has 3 aliphatic rings. The molecule has 152 valence electrons. The molecule has 4 atom stereocenters. The van der Waals surface area contributed by atoms with Gasteiger partial charge in [-0.05, 0) is 55.9 Å². The zero-order chi connectivity index (χ0) is 17.2. The molecule has 1 aliphatic heterocycles. The highest BCUT2D eigenvalue weighted by Gasteiger charge is 2.49. The fourth-order valence-corrected chi connectivity index (χ4v) is 5.26. The zero-order valence-corrected chi connectivity index (χ0v) is 17.5. The van der Waals surface area contributed by atoms with E-state index in [4.69, 9.17) is 5.73 Å². The number of nitrogens with two attached hydrogens (primary N) is 1. The van der Waals surface area contributed by atoms with Gasteiger partial charge in [0, 0.05) is 31.7 Å². The minimum absolute atomic E-state index is 0. The Morgan fingerprint density at radius 1 is 1.04 bits per heavy atom. The predicted molar refractivity (Wildman–Crippen MR) is 115 cm³/mol. The second-order valence-corrected chi connectivity index (χ2v) is 8.30. The maximum Gasteiger partial charge on any atom is 0.225 e. The third-order valence-corrected chi connectivity index (χ3v) is 6.78. The number of halogens is 2. The van der Waals surface area contributed by atoms with Crippen molar-refractivity contribution in [3.63, 3.8) is 0 Å². The number of carbonyl (C=O) groups excluding carboxylic acids is 1. The summed E-state index contributed by atoms with van der Waals surface area (Å²) in [6.07, 6.45) is 6.85. The molecule has 1 heterocycles. The van der Waals surface area contributed by atoms with Crippen LogP contribution in [0.25, 0.3) is 0 Å². The fourth-order valence-electron chi connectivity index (χ4n) is 5.26. The van der Waals surface area contributed by atoms with Gasteiger partial charge < -0.3 is 16.0 Å². The number of hydrogen-bond donors (Lipinski definition) is 2. The Bertz CT molecular complexity index is 590. The van der Waals surface area contributed by atoms with Gasteiger partial charge in [-0.3, -0.25) is 4.79 Å². The first-order valence-corrected chi connectivity index (χ1v) is 10.0. The van der Waals surface area contributed by atoms with Gasteiger partial charge in [-0.25, -0.2) is 0 Å². The Balaban J connectivity index is 0.00000131. The summed E-state index contributed by atoms with van der Waals surface area (Å²) in [5.74, 6) is 1.46. The van der Waals surface area contributed by atoms with Gasteiger partial charge in [0.05, 0.1) is 5.92 Å². The van der Waals surface area contributed by atoms with Crippen LogP contribution in [0.2, 0.25) is 0 Å². The predicted octanol–water partition coefficient (Wildman–Crippen LogP) is 3.03. The summed E-state index contributed by atoms with van der Waals surface area (Å²) in [5, 5.41) is 3.32. The molecular formula is C21H33Cl2N3O. The number of carbonyl (C=O) groups is 1. The molecular weight excluding hydrogens is 381 g/mol. The van der Waals surface area contributed by atoms with E-state index in [0.717, 1.165) is 38.9 Å². The average molecular weight is 414 g/mol. The normalized spacial score (nSPS) is 30.4. The molecule has 0 radical (unpaired) electrons. The number of fused-ring (bicyclic) bond motifs is 2. The van der Waals surface area contributed by atoms with E-state index in [1.54, 1.807) is 0 Å². The maximum atomic E-state index is 12.7. The van der Waals surface area contributed by atoms with Crippen molar-refractivity contribution in [3.05, 3.63) is 35.9 Å². The van der Waals surface area contributed by atoms with E-state index in [-0.39, 0.29) is 42.7 Å². The van der Waals surface area contributed by atoms with Crippen molar-refractivity contribution in [1.29, 1.82) is 0 Å². The summed E-state index contributed by atoms with van der Waals surface area (Å²) in [7, 11) is 0. The molecule has 2 aliphatic carbocycles. The van der Waals surface area contributed by atoms with Crippen LogP contribution in [-0.4, -0.2) is 42.5 Å². The number of benzene rings is 1. The Morgan fingerprint density at radius 2 is 1.70 bits per heavy atom. The lowest BCUT2D eigenvalue weighted by Crippen LogP contribution is -2.51. The second kappa shape index (κ2) is 10.1. The molecule has 0 aromatic heterocycles. The number of nitrogens with zero attached hydrogens (tertiary/aromatic N) is 1. The molecule has 4 unspecified atom stereocenters. The van der Waals surface area contributed by atoms with Crippen LogP contribution in [0.4, 0.5) is 0 Å². The zero-order valence-electron chi connectivity index (χ0n) is 15.9. The molecule has 2 bridgehead atoms. The van der Waals surface area contributed by atoms with E-state index in [0.29, 0.717) is 17.9 Å². The highest BCUT2D eigenvalue weighted by atomic mass is 35.5. The summed E-state index contributed by atoms with van der Waals surface area (Å²) in [6, 6.07) is 11.1. The van der Waals surface area contributed by atoms with Gasteiger partial charge in [0.1, 0.15) is 0 Å². The molecule has 3 N–H and O–H groups in total. The van der Waals surface area contributed by atoms with Gasteiger partial charge in [-0.2, -0.15) is 0 Å². The van der Waals surface area contributed by atoms with Crippen molar-refractivity contribution in [2.75, 3.05) is 19.6 Å². The number of amides is 1. The minimum Gasteiger partial charge on any atom is -0.353 e. The standard InChI is InChI=1S/C21H31N3O.2ClH/c22-20-17-7-6-16(14-17)19(20)21(25)23-18-9-12-24(13-10-18)11-8-15-4-2-1-3-5-15;;/h1-5,16-20H,6-14,22H2,(H,23,25);2*1H. The van der Waals surface area contributed by atoms with Crippen molar-refractivity contribution in [3.8, 4) is 0 Å². The van der Waals surface area contributed by atoms with Crippen molar-refractivity contribution in [2.45, 2.75) is 50.6 Å². The second-order valence-electron chi connectivity index (χ2n) is 8.30. The minimum atomic E-state index is 0. The van der Waals surface area contributed by atoms with E-state index in [1.807, 2.05) is 0 Å². The van der Waals surface area contributed by atoms with Crippen LogP contribution < -0.4 is 11.1 Å². The molecule has 1 aromatic rings. The van der Waals surface area contributed by atoms with Gasteiger partial charge in [0.15, 0.2) is 0 Å². The Morgan fingerprint density at radius 3 is 2.33 bits per heavy atom. The Kier molecular flexibility index (Phi) is 8.41. The van der Waals surface area contributed by atoms with Crippen molar-refractivity contribution in [2.24, 2.45) is 23.5 Å². The maximum absolute atomic E-state index is 12.7. The van der Waals surface area contributed by atoms with Gasteiger partial charge >= 0.3 is 0 Å². The number of likely N-dealkylation sites (tertiary alicyclic amines) is 1. The van der Waals surface area contributed by atoms with Gasteiger partial charge in [0.2, 0.25) is 5.91 Å². The quantitative estimate of drug-likeness (QED) is 0.779. The first-order chi connectivity index (χ1) is 12.2. The van der Waals surface area contributed by atoms with E-state index >= 15 is 0 Å². The van der Waals surface area contributed by atoms with Crippen LogP contribution in [0.1, 0.15) is 37.7 Å². The molecule has 4 rings (SSSR count). The lowest BCUT2D eigenvalue weighted by atomic mass is 9.84. The summed E-state index contributed by atoms with van der Waals surface area (Å²) < 4.78 is 0. The van der Waals surface area contributed by atoms with Crippen molar-refractivity contribution >= 4 is 30.7 Å². The summed E-state index contributed by atoms with van der Waals surface area (Å²) in [5.41, 5.74) is 7.72. The first-order valence-electron chi connectivity index (χ1n) is 10.0. The van der Waals surface area contributed by atoms with E-state index in [2.05, 4.69) is 40.5 Å². The molecule has 2 saturated carbocycles. The SMILES string of the molecule is Cl.Cl.NC1C2CCC(C2)C1C(=O)NC1CCN(CCc2ccccc2)CC1. The molecule has 4 nitrogen and oxygen atoms in total. The lowest BCUT2D eigenvalue weighted by molar-refractivity contribution is -0.128. The van der Waals surface area contributed by atoms with E-state index < -0.39 is 0 Å². The summed E-state index contributed by atoms with van der Waals surface area (Å²) in [6.45, 7) is 3.28. The number of hydrogen-bond acceptors (Lipinski definition) is 3. The lowest BCUT2D eigenvalue weighted by Gasteiger charge is -2.34. The van der Waals surface area contributed by atoms with Gasteiger partial charge in [-0.1, -0.05) is 30.3 Å². The molecule has 6 heteroatoms. The molecule has 1 aromatic carbocycles. The molecule has 0 spiro atoms. The number of nitrogens with one attached hydrogen (secondary N) is 1. The molecule has 3 fully saturated rings. The van der Waals surface area contributed by atoms with Gasteiger partial charge in [0.25, 0.3) is 0 Å². The van der Waals surface area contributed by atoms with Crippen LogP contribution in [0.15, 0.2) is 30.3 Å². The third kappa shape index (κ3) is 5.17. The van der Waals surface area contributed by atoms with Crippen molar-refractivity contribution in [1.82, 2.24) is 10.2 Å². The molecule has 1 amide bonds. The van der Waals surface area contributed by atoms with Crippen LogP contribution in [0.3, 0.4) is 0 Å². The van der Waals surface area contributed by atoms with Crippen LogP contribution in [0.5, 0.6) is 0 Å². The van der Waals surface area contributed by atoms with Gasteiger partial charge in [-0.15, -0.1) is 24.8 Å². The topological polar surface area (TPSA) is 58.4 Å². The van der Waals surface area contributed by atoms with Crippen LogP contribution >= 0.6 is 24.8 Å². The monoisotopic (exact) mass is 413 g/mol. The van der Waals surface area contributed by atoms with Crippen LogP contribution in [0, 0.1) is 17.8 Å². The fraction of sp³-hybridized carbons (Fsp3) is 0.667. The van der Waals surface area contributed by atoms with E-state index in [9.17, 15) is 4.79 Å². The van der Waals surface area contributed by atoms with E-state index in [1.165, 1.54) is 24.8 Å². The first kappa shape index (κ1) is 22.5. The summed E-state index contributed by atoms with van der Waals surface area (Å²) >= 11 is 0. The highest BCUT2D eigenvalue weighted by molar-refractivity contribution is 5.85. The number of rotatable bonds is 5. The summed E-state index contributed by atoms with van der Waals surface area (Å²) in [4.78, 5) is 15.2. The largest absolute Gasteiger partial charge is 0.353 e. The highest BCUT2D eigenvalue weighted by Crippen LogP contribution is 2.47. The smallest absolute Gasteiger partial charge is 0.225 e. The van der Waals surface area contributed by atoms with Crippen molar-refractivity contribution < 1.29 is 4.79 Å². The third-order valence-electron chi connectivity index (χ3n) is 6.78. The Labute approximate surface area is 175 Å². The molecule has 1 saturated heterocycles. The van der Waals surface area contributed by atoms with Crippen LogP contribution in [-0.2, 0) is 11.2 Å². The molecule has 27 heavy (non-hydrogen) atoms. The Hall–Kier alpha value is -0.810. The average Bonchev–Trinajstić information content (AvgIpc) is 3.23.